The molecule has 0 N–H and O–H groups in total. The predicted molar refractivity (Wildman–Crippen MR) is 132 cm³/mol. The molecule has 1 aliphatic rings. The second-order valence-electron chi connectivity index (χ2n) is 9.29. The smallest absolute Gasteiger partial charge is 0.314 e. The minimum absolute atomic E-state index is 0.0528. The average Bonchev–Trinajstić information content (AvgIpc) is 2.84. The van der Waals surface area contributed by atoms with Crippen molar-refractivity contribution in [3.05, 3.63) is 48.0 Å². The van der Waals surface area contributed by atoms with E-state index in [1.165, 1.54) is 44.1 Å². The highest BCUT2D eigenvalue weighted by atomic mass is 16.5. The highest BCUT2D eigenvalue weighted by molar-refractivity contribution is 5.75. The molecule has 1 aliphatic carbocycles. The number of hydrogen-bond donors (Lipinski definition) is 0. The first-order valence-corrected chi connectivity index (χ1v) is 12.6. The van der Waals surface area contributed by atoms with E-state index in [-0.39, 0.29) is 11.9 Å². The van der Waals surface area contributed by atoms with Gasteiger partial charge in [-0.1, -0.05) is 70.2 Å². The van der Waals surface area contributed by atoms with E-state index in [0.717, 1.165) is 54.9 Å². The maximum absolute atomic E-state index is 12.6. The van der Waals surface area contributed by atoms with Gasteiger partial charge in [-0.05, 0) is 79.3 Å². The van der Waals surface area contributed by atoms with E-state index in [1.54, 1.807) is 7.11 Å². The minimum Gasteiger partial charge on any atom is -0.496 e. The van der Waals surface area contributed by atoms with Crippen molar-refractivity contribution in [3.8, 4) is 22.6 Å². The maximum atomic E-state index is 12.6. The van der Waals surface area contributed by atoms with E-state index < -0.39 is 0 Å². The third kappa shape index (κ3) is 6.85. The summed E-state index contributed by atoms with van der Waals surface area (Å²) in [6.07, 6.45) is 12.8. The van der Waals surface area contributed by atoms with Crippen LogP contribution in [0, 0.1) is 11.8 Å². The number of methoxy groups -OCH3 is 1. The van der Waals surface area contributed by atoms with Crippen LogP contribution >= 0.6 is 0 Å². The molecule has 0 saturated heterocycles. The van der Waals surface area contributed by atoms with Crippen LogP contribution in [0.4, 0.5) is 0 Å². The Morgan fingerprint density at radius 1 is 0.875 bits per heavy atom. The Labute approximate surface area is 194 Å². The molecule has 0 heterocycles. The van der Waals surface area contributed by atoms with Gasteiger partial charge in [-0.2, -0.15) is 0 Å². The van der Waals surface area contributed by atoms with Gasteiger partial charge < -0.3 is 9.47 Å². The van der Waals surface area contributed by atoms with E-state index in [1.807, 2.05) is 24.3 Å². The molecule has 0 aromatic heterocycles. The van der Waals surface area contributed by atoms with E-state index in [2.05, 4.69) is 32.0 Å². The number of hydrogen-bond acceptors (Lipinski definition) is 3. The van der Waals surface area contributed by atoms with Gasteiger partial charge in [-0.3, -0.25) is 4.79 Å². The van der Waals surface area contributed by atoms with Crippen LogP contribution in [0.1, 0.15) is 83.6 Å². The van der Waals surface area contributed by atoms with Crippen LogP contribution in [0.15, 0.2) is 42.5 Å². The Kier molecular flexibility index (Phi) is 9.64. The molecule has 2 aromatic carbocycles. The van der Waals surface area contributed by atoms with Crippen molar-refractivity contribution in [2.45, 2.75) is 84.5 Å². The first kappa shape index (κ1) is 24.4. The van der Waals surface area contributed by atoms with Gasteiger partial charge in [-0.25, -0.2) is 0 Å². The number of ether oxygens (including phenoxy) is 2. The molecule has 0 radical (unpaired) electrons. The van der Waals surface area contributed by atoms with Crippen molar-refractivity contribution in [2.75, 3.05) is 7.11 Å². The minimum atomic E-state index is -0.0650. The Hall–Kier alpha value is -2.29. The topological polar surface area (TPSA) is 35.5 Å². The molecule has 2 aromatic rings. The van der Waals surface area contributed by atoms with Gasteiger partial charge in [0.2, 0.25) is 0 Å². The summed E-state index contributed by atoms with van der Waals surface area (Å²) in [5.41, 5.74) is 3.48. The predicted octanol–water partition coefficient (Wildman–Crippen LogP) is 8.00. The number of carbonyl (C=O) groups is 1. The van der Waals surface area contributed by atoms with Crippen molar-refractivity contribution in [1.82, 2.24) is 0 Å². The number of benzene rings is 2. The highest BCUT2D eigenvalue weighted by Crippen LogP contribution is 2.33. The zero-order chi connectivity index (χ0) is 22.8. The molecule has 32 heavy (non-hydrogen) atoms. The summed E-state index contributed by atoms with van der Waals surface area (Å²) in [7, 11) is 1.74. The molecule has 3 heteroatoms. The second-order valence-corrected chi connectivity index (χ2v) is 9.29. The van der Waals surface area contributed by atoms with Gasteiger partial charge in [-0.15, -0.1) is 0 Å². The molecule has 174 valence electrons. The standard InChI is InChI=1S/C29H40O3/c1-4-6-8-10-24-15-16-26(21-28(24)31-3)23-17-19-27(20-18-23)32-29(30)25-13-11-22(12-14-25)9-7-5-2/h15-22,25H,4-14H2,1-3H3. The molecule has 0 atom stereocenters. The lowest BCUT2D eigenvalue weighted by atomic mass is 9.80. The van der Waals surface area contributed by atoms with E-state index in [9.17, 15) is 4.79 Å². The fraction of sp³-hybridized carbons (Fsp3) is 0.552. The molecule has 0 aliphatic heterocycles. The third-order valence-corrected chi connectivity index (χ3v) is 6.89. The van der Waals surface area contributed by atoms with Gasteiger partial charge in [0.05, 0.1) is 13.0 Å². The van der Waals surface area contributed by atoms with Crippen molar-refractivity contribution in [1.29, 1.82) is 0 Å². The Bertz CT molecular complexity index is 832. The van der Waals surface area contributed by atoms with Crippen LogP contribution in [0.25, 0.3) is 11.1 Å². The number of rotatable bonds is 11. The molecule has 0 amide bonds. The van der Waals surface area contributed by atoms with Crippen LogP contribution in [0.5, 0.6) is 11.5 Å². The van der Waals surface area contributed by atoms with Gasteiger partial charge in [0.15, 0.2) is 0 Å². The average molecular weight is 437 g/mol. The van der Waals surface area contributed by atoms with Gasteiger partial charge >= 0.3 is 5.97 Å². The summed E-state index contributed by atoms with van der Waals surface area (Å²) in [6, 6.07) is 14.3. The monoisotopic (exact) mass is 436 g/mol. The van der Waals surface area contributed by atoms with E-state index in [4.69, 9.17) is 9.47 Å². The fourth-order valence-corrected chi connectivity index (χ4v) is 4.79. The molecular weight excluding hydrogens is 396 g/mol. The third-order valence-electron chi connectivity index (χ3n) is 6.89. The summed E-state index contributed by atoms with van der Waals surface area (Å²) < 4.78 is 11.4. The number of esters is 1. The number of carbonyl (C=O) groups excluding carboxylic acids is 1. The van der Waals surface area contributed by atoms with Gasteiger partial charge in [0.1, 0.15) is 11.5 Å². The van der Waals surface area contributed by atoms with Gasteiger partial charge in [0, 0.05) is 0 Å². The van der Waals surface area contributed by atoms with Crippen LogP contribution in [0.2, 0.25) is 0 Å². The molecule has 0 bridgehead atoms. The first-order chi connectivity index (χ1) is 15.6. The normalized spacial score (nSPS) is 18.3. The summed E-state index contributed by atoms with van der Waals surface area (Å²) in [5, 5.41) is 0. The van der Waals surface area contributed by atoms with Crippen molar-refractivity contribution in [3.63, 3.8) is 0 Å². The fourth-order valence-electron chi connectivity index (χ4n) is 4.79. The van der Waals surface area contributed by atoms with Crippen molar-refractivity contribution < 1.29 is 14.3 Å². The lowest BCUT2D eigenvalue weighted by molar-refractivity contribution is -0.140. The highest BCUT2D eigenvalue weighted by Gasteiger charge is 2.27. The molecule has 1 saturated carbocycles. The zero-order valence-electron chi connectivity index (χ0n) is 20.2. The Morgan fingerprint density at radius 3 is 2.22 bits per heavy atom. The van der Waals surface area contributed by atoms with E-state index in [0.29, 0.717) is 5.75 Å². The maximum Gasteiger partial charge on any atom is 0.314 e. The molecule has 0 unspecified atom stereocenters. The summed E-state index contributed by atoms with van der Waals surface area (Å²) >= 11 is 0. The van der Waals surface area contributed by atoms with E-state index >= 15 is 0 Å². The largest absolute Gasteiger partial charge is 0.496 e. The van der Waals surface area contributed by atoms with Gasteiger partial charge in [0.25, 0.3) is 0 Å². The first-order valence-electron chi connectivity index (χ1n) is 12.6. The number of aryl methyl sites for hydroxylation is 1. The van der Waals surface area contributed by atoms with Crippen LogP contribution in [-0.2, 0) is 11.2 Å². The molecule has 0 spiro atoms. The molecule has 1 fully saturated rings. The molecule has 3 rings (SSSR count). The molecular formula is C29H40O3. The quantitative estimate of drug-likeness (QED) is 0.203. The van der Waals surface area contributed by atoms with Crippen molar-refractivity contribution in [2.24, 2.45) is 11.8 Å². The van der Waals surface area contributed by atoms with Crippen LogP contribution in [0.3, 0.4) is 0 Å². The lowest BCUT2D eigenvalue weighted by Crippen LogP contribution is -2.25. The van der Waals surface area contributed by atoms with Crippen LogP contribution in [-0.4, -0.2) is 13.1 Å². The second kappa shape index (κ2) is 12.7. The number of unbranched alkanes of at least 4 members (excludes halogenated alkanes) is 3. The summed E-state index contributed by atoms with van der Waals surface area (Å²) in [4.78, 5) is 12.6. The summed E-state index contributed by atoms with van der Waals surface area (Å²) in [6.45, 7) is 4.47. The lowest BCUT2D eigenvalue weighted by Gasteiger charge is -2.27. The van der Waals surface area contributed by atoms with Crippen LogP contribution < -0.4 is 9.47 Å². The SMILES string of the molecule is CCCCCc1ccc(-c2ccc(OC(=O)C3CCC(CCCC)CC3)cc2)cc1OC. The zero-order valence-corrected chi connectivity index (χ0v) is 20.2. The van der Waals surface area contributed by atoms with Crippen molar-refractivity contribution >= 4 is 5.97 Å². The summed E-state index contributed by atoms with van der Waals surface area (Å²) in [5.74, 6) is 2.37. The molecule has 3 nitrogen and oxygen atoms in total. The Morgan fingerprint density at radius 2 is 1.56 bits per heavy atom. The Balaban J connectivity index is 1.56.